The summed E-state index contributed by atoms with van der Waals surface area (Å²) < 4.78 is 5.77. The van der Waals surface area contributed by atoms with Crippen LogP contribution in [0.2, 0.25) is 5.02 Å². The summed E-state index contributed by atoms with van der Waals surface area (Å²) in [6.07, 6.45) is 1.02. The number of ether oxygens (including phenoxy) is 1. The van der Waals surface area contributed by atoms with Crippen LogP contribution < -0.4 is 10.1 Å². The Labute approximate surface area is 124 Å². The highest BCUT2D eigenvalue weighted by Crippen LogP contribution is 2.25. The van der Waals surface area contributed by atoms with Crippen molar-refractivity contribution in [3.63, 3.8) is 0 Å². The predicted molar refractivity (Wildman–Crippen MR) is 81.8 cm³/mol. The van der Waals surface area contributed by atoms with E-state index in [9.17, 15) is 0 Å². The summed E-state index contributed by atoms with van der Waals surface area (Å²) in [7, 11) is 0. The minimum atomic E-state index is 0.526. The van der Waals surface area contributed by atoms with Crippen molar-refractivity contribution in [1.82, 2.24) is 9.97 Å². The fraction of sp³-hybridized carbons (Fsp3) is 0.333. The molecule has 2 rings (SSSR count). The van der Waals surface area contributed by atoms with Crippen LogP contribution in [0.5, 0.6) is 11.6 Å². The summed E-state index contributed by atoms with van der Waals surface area (Å²) in [6.45, 7) is 6.78. The largest absolute Gasteiger partial charge is 0.439 e. The maximum atomic E-state index is 6.00. The lowest BCUT2D eigenvalue weighted by molar-refractivity contribution is 0.461. The SMILES string of the molecule is CCCNc1nc(C)cc(Oc2ccc(Cl)c(C)c2)n1. The Kier molecular flexibility index (Phi) is 4.79. The third kappa shape index (κ3) is 3.84. The van der Waals surface area contributed by atoms with Gasteiger partial charge in [-0.3, -0.25) is 0 Å². The van der Waals surface area contributed by atoms with Crippen LogP contribution in [0.15, 0.2) is 24.3 Å². The van der Waals surface area contributed by atoms with E-state index in [4.69, 9.17) is 16.3 Å². The Morgan fingerprint density at radius 3 is 2.70 bits per heavy atom. The zero-order valence-corrected chi connectivity index (χ0v) is 12.7. The number of halogens is 1. The van der Waals surface area contributed by atoms with Crippen LogP contribution in [0.1, 0.15) is 24.6 Å². The van der Waals surface area contributed by atoms with E-state index in [0.717, 1.165) is 29.2 Å². The summed E-state index contributed by atoms with van der Waals surface area (Å²) in [4.78, 5) is 8.66. The first-order valence-corrected chi connectivity index (χ1v) is 7.00. The zero-order chi connectivity index (χ0) is 14.5. The van der Waals surface area contributed by atoms with Gasteiger partial charge >= 0.3 is 0 Å². The Balaban J connectivity index is 2.19. The smallest absolute Gasteiger partial charge is 0.226 e. The molecule has 1 heterocycles. The summed E-state index contributed by atoms with van der Waals surface area (Å²) in [5, 5.41) is 3.88. The molecule has 4 nitrogen and oxygen atoms in total. The van der Waals surface area contributed by atoms with Crippen molar-refractivity contribution >= 4 is 17.5 Å². The van der Waals surface area contributed by atoms with Crippen LogP contribution >= 0.6 is 11.6 Å². The van der Waals surface area contributed by atoms with Crippen molar-refractivity contribution in [2.75, 3.05) is 11.9 Å². The van der Waals surface area contributed by atoms with Crippen LogP contribution in [-0.2, 0) is 0 Å². The molecule has 0 aliphatic rings. The first-order valence-electron chi connectivity index (χ1n) is 6.62. The highest BCUT2D eigenvalue weighted by atomic mass is 35.5. The van der Waals surface area contributed by atoms with Gasteiger partial charge in [-0.05, 0) is 44.0 Å². The number of aryl methyl sites for hydroxylation is 2. The summed E-state index contributed by atoms with van der Waals surface area (Å²) in [5.74, 6) is 1.83. The van der Waals surface area contributed by atoms with Gasteiger partial charge < -0.3 is 10.1 Å². The Bertz CT molecular complexity index is 602. The van der Waals surface area contributed by atoms with Gasteiger partial charge in [0.2, 0.25) is 11.8 Å². The lowest BCUT2D eigenvalue weighted by Crippen LogP contribution is -2.05. The molecule has 1 aromatic carbocycles. The lowest BCUT2D eigenvalue weighted by atomic mass is 10.2. The van der Waals surface area contributed by atoms with E-state index in [1.165, 1.54) is 0 Å². The minimum absolute atomic E-state index is 0.526. The molecule has 0 fully saturated rings. The van der Waals surface area contributed by atoms with Crippen LogP contribution in [0, 0.1) is 13.8 Å². The second-order valence-electron chi connectivity index (χ2n) is 4.61. The summed E-state index contributed by atoms with van der Waals surface area (Å²) in [5.41, 5.74) is 1.83. The van der Waals surface area contributed by atoms with E-state index in [2.05, 4.69) is 22.2 Å². The zero-order valence-electron chi connectivity index (χ0n) is 11.9. The average molecular weight is 292 g/mol. The van der Waals surface area contributed by atoms with Crippen LogP contribution in [-0.4, -0.2) is 16.5 Å². The van der Waals surface area contributed by atoms with E-state index < -0.39 is 0 Å². The molecular formula is C15H18ClN3O. The fourth-order valence-electron chi connectivity index (χ4n) is 1.71. The second kappa shape index (κ2) is 6.57. The lowest BCUT2D eigenvalue weighted by Gasteiger charge is -2.09. The predicted octanol–water partition coefficient (Wildman–Crippen LogP) is 4.36. The topological polar surface area (TPSA) is 47.0 Å². The average Bonchev–Trinajstić information content (AvgIpc) is 2.40. The van der Waals surface area contributed by atoms with E-state index >= 15 is 0 Å². The van der Waals surface area contributed by atoms with Crippen molar-refractivity contribution in [3.05, 3.63) is 40.5 Å². The molecule has 0 radical (unpaired) electrons. The monoisotopic (exact) mass is 291 g/mol. The normalized spacial score (nSPS) is 10.4. The molecule has 20 heavy (non-hydrogen) atoms. The van der Waals surface area contributed by atoms with Crippen LogP contribution in [0.4, 0.5) is 5.95 Å². The number of nitrogens with zero attached hydrogens (tertiary/aromatic N) is 2. The maximum absolute atomic E-state index is 6.00. The molecule has 0 bridgehead atoms. The number of anilines is 1. The number of benzene rings is 1. The third-order valence-corrected chi connectivity index (χ3v) is 3.14. The molecule has 106 valence electrons. The summed E-state index contributed by atoms with van der Waals surface area (Å²) >= 11 is 6.00. The fourth-order valence-corrected chi connectivity index (χ4v) is 1.83. The molecule has 0 aliphatic heterocycles. The van der Waals surface area contributed by atoms with Gasteiger partial charge in [0.1, 0.15) is 5.75 Å². The van der Waals surface area contributed by atoms with Crippen molar-refractivity contribution in [2.24, 2.45) is 0 Å². The van der Waals surface area contributed by atoms with Crippen LogP contribution in [0.25, 0.3) is 0 Å². The summed E-state index contributed by atoms with van der Waals surface area (Å²) in [6, 6.07) is 7.34. The van der Waals surface area contributed by atoms with E-state index in [1.807, 2.05) is 32.0 Å². The molecule has 2 aromatic rings. The molecule has 1 aromatic heterocycles. The van der Waals surface area contributed by atoms with Gasteiger partial charge in [-0.2, -0.15) is 4.98 Å². The molecule has 0 saturated heterocycles. The van der Waals surface area contributed by atoms with Gasteiger partial charge in [0, 0.05) is 23.3 Å². The van der Waals surface area contributed by atoms with Crippen molar-refractivity contribution < 1.29 is 4.74 Å². The Hall–Kier alpha value is -1.81. The van der Waals surface area contributed by atoms with Gasteiger partial charge in [0.05, 0.1) is 0 Å². The van der Waals surface area contributed by atoms with Gasteiger partial charge in [-0.15, -0.1) is 0 Å². The Morgan fingerprint density at radius 2 is 2.00 bits per heavy atom. The maximum Gasteiger partial charge on any atom is 0.226 e. The van der Waals surface area contributed by atoms with Crippen molar-refractivity contribution in [3.8, 4) is 11.6 Å². The minimum Gasteiger partial charge on any atom is -0.439 e. The van der Waals surface area contributed by atoms with Gasteiger partial charge in [-0.25, -0.2) is 4.98 Å². The van der Waals surface area contributed by atoms with E-state index in [1.54, 1.807) is 6.07 Å². The molecule has 0 atom stereocenters. The Morgan fingerprint density at radius 1 is 1.20 bits per heavy atom. The molecule has 0 spiro atoms. The number of nitrogens with one attached hydrogen (secondary N) is 1. The second-order valence-corrected chi connectivity index (χ2v) is 5.02. The first kappa shape index (κ1) is 14.6. The van der Waals surface area contributed by atoms with E-state index in [0.29, 0.717) is 17.6 Å². The van der Waals surface area contributed by atoms with Crippen LogP contribution in [0.3, 0.4) is 0 Å². The quantitative estimate of drug-likeness (QED) is 0.889. The number of hydrogen-bond acceptors (Lipinski definition) is 4. The molecule has 1 N–H and O–H groups in total. The molecule has 0 amide bonds. The number of aromatic nitrogens is 2. The van der Waals surface area contributed by atoms with Crippen molar-refractivity contribution in [1.29, 1.82) is 0 Å². The van der Waals surface area contributed by atoms with E-state index in [-0.39, 0.29) is 0 Å². The third-order valence-electron chi connectivity index (χ3n) is 2.72. The molecule has 5 heteroatoms. The standard InChI is InChI=1S/C15H18ClN3O/c1-4-7-17-15-18-11(3)9-14(19-15)20-12-5-6-13(16)10(2)8-12/h5-6,8-9H,4,7H2,1-3H3,(H,17,18,19). The highest BCUT2D eigenvalue weighted by Gasteiger charge is 2.05. The molecule has 0 unspecified atom stereocenters. The van der Waals surface area contributed by atoms with Crippen molar-refractivity contribution in [2.45, 2.75) is 27.2 Å². The first-order chi connectivity index (χ1) is 9.58. The molecular weight excluding hydrogens is 274 g/mol. The highest BCUT2D eigenvalue weighted by molar-refractivity contribution is 6.31. The molecule has 0 aliphatic carbocycles. The van der Waals surface area contributed by atoms with Gasteiger partial charge in [0.15, 0.2) is 0 Å². The van der Waals surface area contributed by atoms with Gasteiger partial charge in [-0.1, -0.05) is 18.5 Å². The van der Waals surface area contributed by atoms with Gasteiger partial charge in [0.25, 0.3) is 0 Å². The number of hydrogen-bond donors (Lipinski definition) is 1. The number of rotatable bonds is 5. The molecule has 0 saturated carbocycles.